The SMILES string of the molecule is C=Cc1cnc2c(ccn2-c2ccc(C(=O)OC)cn2)c1. The van der Waals surface area contributed by atoms with Gasteiger partial charge in [-0.15, -0.1) is 0 Å². The van der Waals surface area contributed by atoms with Gasteiger partial charge in [-0.05, 0) is 29.8 Å². The summed E-state index contributed by atoms with van der Waals surface area (Å²) in [4.78, 5) is 20.1. The lowest BCUT2D eigenvalue weighted by Gasteiger charge is -2.05. The second-order valence-electron chi connectivity index (χ2n) is 4.47. The molecule has 3 aromatic heterocycles. The van der Waals surface area contributed by atoms with Gasteiger partial charge in [0.1, 0.15) is 11.5 Å². The molecule has 0 atom stereocenters. The molecule has 0 spiro atoms. The summed E-state index contributed by atoms with van der Waals surface area (Å²) in [5.41, 5.74) is 2.19. The highest BCUT2D eigenvalue weighted by Crippen LogP contribution is 2.19. The number of carbonyl (C=O) groups excluding carboxylic acids is 1. The van der Waals surface area contributed by atoms with Crippen molar-refractivity contribution in [2.75, 3.05) is 7.11 Å². The van der Waals surface area contributed by atoms with Gasteiger partial charge in [-0.25, -0.2) is 14.8 Å². The lowest BCUT2D eigenvalue weighted by molar-refractivity contribution is 0.0600. The van der Waals surface area contributed by atoms with Crippen molar-refractivity contribution < 1.29 is 9.53 Å². The summed E-state index contributed by atoms with van der Waals surface area (Å²) in [6.07, 6.45) is 6.90. The molecule has 0 fully saturated rings. The molecule has 0 saturated heterocycles. The predicted octanol–water partition coefficient (Wildman–Crippen LogP) is 2.85. The minimum atomic E-state index is -0.403. The highest BCUT2D eigenvalue weighted by atomic mass is 16.5. The van der Waals surface area contributed by atoms with Gasteiger partial charge in [-0.2, -0.15) is 0 Å². The molecule has 3 heterocycles. The molecule has 0 radical (unpaired) electrons. The molecule has 5 nitrogen and oxygen atoms in total. The number of nitrogens with zero attached hydrogens (tertiary/aromatic N) is 3. The van der Waals surface area contributed by atoms with Crippen molar-refractivity contribution in [1.82, 2.24) is 14.5 Å². The summed E-state index contributed by atoms with van der Waals surface area (Å²) < 4.78 is 6.52. The molecule has 21 heavy (non-hydrogen) atoms. The maximum Gasteiger partial charge on any atom is 0.339 e. The van der Waals surface area contributed by atoms with Crippen molar-refractivity contribution in [2.45, 2.75) is 0 Å². The van der Waals surface area contributed by atoms with Crippen molar-refractivity contribution in [3.8, 4) is 5.82 Å². The fraction of sp³-hybridized carbons (Fsp3) is 0.0625. The first-order valence-corrected chi connectivity index (χ1v) is 6.37. The van der Waals surface area contributed by atoms with Crippen LogP contribution in [-0.4, -0.2) is 27.6 Å². The van der Waals surface area contributed by atoms with Crippen molar-refractivity contribution in [3.63, 3.8) is 0 Å². The Balaban J connectivity index is 2.04. The van der Waals surface area contributed by atoms with Gasteiger partial charge >= 0.3 is 5.97 Å². The first-order valence-electron chi connectivity index (χ1n) is 6.37. The Hall–Kier alpha value is -2.95. The molecule has 3 aromatic rings. The first-order chi connectivity index (χ1) is 10.2. The number of carbonyl (C=O) groups is 1. The second kappa shape index (κ2) is 5.20. The average Bonchev–Trinajstić information content (AvgIpc) is 2.97. The topological polar surface area (TPSA) is 57.0 Å². The van der Waals surface area contributed by atoms with Crippen molar-refractivity contribution >= 4 is 23.1 Å². The Kier molecular flexibility index (Phi) is 3.23. The van der Waals surface area contributed by atoms with Crippen LogP contribution < -0.4 is 0 Å². The van der Waals surface area contributed by atoms with Crippen LogP contribution in [0.2, 0.25) is 0 Å². The van der Waals surface area contributed by atoms with Gasteiger partial charge < -0.3 is 4.74 Å². The van der Waals surface area contributed by atoms with E-state index in [1.165, 1.54) is 13.3 Å². The number of hydrogen-bond acceptors (Lipinski definition) is 4. The van der Waals surface area contributed by atoms with Gasteiger partial charge in [0, 0.05) is 24.0 Å². The quantitative estimate of drug-likeness (QED) is 0.692. The molecular weight excluding hydrogens is 266 g/mol. The van der Waals surface area contributed by atoms with Crippen LogP contribution in [0, 0.1) is 0 Å². The van der Waals surface area contributed by atoms with E-state index in [4.69, 9.17) is 0 Å². The summed E-state index contributed by atoms with van der Waals surface area (Å²) >= 11 is 0. The molecule has 104 valence electrons. The Bertz CT molecular complexity index is 819. The maximum atomic E-state index is 11.4. The molecular formula is C16H13N3O2. The summed E-state index contributed by atoms with van der Waals surface area (Å²) in [6.45, 7) is 3.73. The van der Waals surface area contributed by atoms with E-state index in [9.17, 15) is 4.79 Å². The van der Waals surface area contributed by atoms with Crippen LogP contribution in [0.5, 0.6) is 0 Å². The zero-order valence-electron chi connectivity index (χ0n) is 11.5. The summed E-state index contributed by atoms with van der Waals surface area (Å²) in [5.74, 6) is 0.289. The molecule has 0 aliphatic carbocycles. The lowest BCUT2D eigenvalue weighted by Crippen LogP contribution is -2.03. The number of rotatable bonds is 3. The summed E-state index contributed by atoms with van der Waals surface area (Å²) in [7, 11) is 1.34. The Morgan fingerprint density at radius 2 is 2.14 bits per heavy atom. The van der Waals surface area contributed by atoms with E-state index >= 15 is 0 Å². The number of ether oxygens (including phenoxy) is 1. The number of methoxy groups -OCH3 is 1. The molecule has 0 aliphatic rings. The van der Waals surface area contributed by atoms with Crippen molar-refractivity contribution in [3.05, 3.63) is 60.6 Å². The number of fused-ring (bicyclic) bond motifs is 1. The lowest BCUT2D eigenvalue weighted by atomic mass is 10.2. The normalized spacial score (nSPS) is 10.5. The van der Waals surface area contributed by atoms with Gasteiger partial charge in [0.05, 0.1) is 12.7 Å². The molecule has 0 bridgehead atoms. The molecule has 0 N–H and O–H groups in total. The minimum Gasteiger partial charge on any atom is -0.465 e. The van der Waals surface area contributed by atoms with Crippen LogP contribution in [0.1, 0.15) is 15.9 Å². The van der Waals surface area contributed by atoms with Crippen LogP contribution in [-0.2, 0) is 4.74 Å². The predicted molar refractivity (Wildman–Crippen MR) is 80.3 cm³/mol. The number of pyridine rings is 2. The molecule has 5 heteroatoms. The van der Waals surface area contributed by atoms with Crippen LogP contribution in [0.15, 0.2) is 49.4 Å². The fourth-order valence-electron chi connectivity index (χ4n) is 2.10. The highest BCUT2D eigenvalue weighted by Gasteiger charge is 2.09. The molecule has 0 amide bonds. The Morgan fingerprint density at radius 1 is 1.29 bits per heavy atom. The largest absolute Gasteiger partial charge is 0.465 e. The average molecular weight is 279 g/mol. The van der Waals surface area contributed by atoms with E-state index in [1.807, 2.05) is 22.9 Å². The van der Waals surface area contributed by atoms with E-state index in [0.29, 0.717) is 11.4 Å². The minimum absolute atomic E-state index is 0.403. The standard InChI is InChI=1S/C16H13N3O2/c1-3-11-8-12-6-7-19(15(12)18-9-11)14-5-4-13(10-17-14)16(20)21-2/h3-10H,1H2,2H3. The third-order valence-corrected chi connectivity index (χ3v) is 3.20. The van der Waals surface area contributed by atoms with E-state index < -0.39 is 5.97 Å². The van der Waals surface area contributed by atoms with Gasteiger partial charge in [-0.3, -0.25) is 4.57 Å². The fourth-order valence-corrected chi connectivity index (χ4v) is 2.10. The molecule has 0 aromatic carbocycles. The van der Waals surface area contributed by atoms with Crippen LogP contribution >= 0.6 is 0 Å². The van der Waals surface area contributed by atoms with Crippen LogP contribution in [0.25, 0.3) is 22.9 Å². The van der Waals surface area contributed by atoms with Gasteiger partial charge in [-0.1, -0.05) is 12.7 Å². The Labute approximate surface area is 121 Å². The van der Waals surface area contributed by atoms with Crippen molar-refractivity contribution in [2.24, 2.45) is 0 Å². The second-order valence-corrected chi connectivity index (χ2v) is 4.47. The molecule has 0 aliphatic heterocycles. The summed E-state index contributed by atoms with van der Waals surface area (Å²) in [6, 6.07) is 7.41. The van der Waals surface area contributed by atoms with Gasteiger partial charge in [0.25, 0.3) is 0 Å². The molecule has 0 unspecified atom stereocenters. The molecule has 0 saturated carbocycles. The number of hydrogen-bond donors (Lipinski definition) is 0. The number of esters is 1. The van der Waals surface area contributed by atoms with E-state index in [-0.39, 0.29) is 0 Å². The number of aromatic nitrogens is 3. The van der Waals surface area contributed by atoms with Crippen LogP contribution in [0.3, 0.4) is 0 Å². The van der Waals surface area contributed by atoms with E-state index in [2.05, 4.69) is 21.3 Å². The maximum absolute atomic E-state index is 11.4. The third kappa shape index (κ3) is 2.29. The zero-order chi connectivity index (χ0) is 14.8. The Morgan fingerprint density at radius 3 is 2.81 bits per heavy atom. The van der Waals surface area contributed by atoms with Gasteiger partial charge in [0.2, 0.25) is 0 Å². The summed E-state index contributed by atoms with van der Waals surface area (Å²) in [5, 5.41) is 1.01. The van der Waals surface area contributed by atoms with E-state index in [1.54, 1.807) is 24.4 Å². The van der Waals surface area contributed by atoms with E-state index in [0.717, 1.165) is 16.6 Å². The van der Waals surface area contributed by atoms with Crippen LogP contribution in [0.4, 0.5) is 0 Å². The first kappa shape index (κ1) is 13.1. The van der Waals surface area contributed by atoms with Gasteiger partial charge in [0.15, 0.2) is 0 Å². The highest BCUT2D eigenvalue weighted by molar-refractivity contribution is 5.89. The van der Waals surface area contributed by atoms with Crippen molar-refractivity contribution in [1.29, 1.82) is 0 Å². The third-order valence-electron chi connectivity index (χ3n) is 3.20. The monoisotopic (exact) mass is 279 g/mol. The molecule has 3 rings (SSSR count). The smallest absolute Gasteiger partial charge is 0.339 e. The zero-order valence-corrected chi connectivity index (χ0v) is 11.5.